The fourth-order valence-corrected chi connectivity index (χ4v) is 0.333. The van der Waals surface area contributed by atoms with E-state index in [1.165, 1.54) is 6.42 Å². The standard InChI is InChI=1S/C5H12O.C4H10O.C3H8O2.C3H8.HI/c1-4-6-5(2)3;1-4(2)5-3;1-3(2)5-4;1-3-2;/h5H,4H2,1-3H3;4H,1-3H3;3-4H,1-2H3;3H2,1-2H3;1H. The summed E-state index contributed by atoms with van der Waals surface area (Å²) in [5.41, 5.74) is 0. The number of hydrogen-bond donors (Lipinski definition) is 1. The summed E-state index contributed by atoms with van der Waals surface area (Å²) >= 11 is 0. The molecule has 0 saturated carbocycles. The Kier molecular flexibility index (Phi) is 51.7. The predicted octanol–water partition coefficient (Wildman–Crippen LogP) is 5.39. The molecule has 0 fully saturated rings. The van der Waals surface area contributed by atoms with Crippen molar-refractivity contribution >= 4 is 24.0 Å². The summed E-state index contributed by atoms with van der Waals surface area (Å²) < 4.78 is 9.79. The third-order valence-electron chi connectivity index (χ3n) is 1.18. The molecule has 0 aliphatic heterocycles. The van der Waals surface area contributed by atoms with Gasteiger partial charge in [-0.25, -0.2) is 4.89 Å². The Bertz CT molecular complexity index is 112. The van der Waals surface area contributed by atoms with Gasteiger partial charge in [-0.3, -0.25) is 5.26 Å². The lowest BCUT2D eigenvalue weighted by molar-refractivity contribution is -0.269. The highest BCUT2D eigenvalue weighted by atomic mass is 127. The normalized spacial score (nSPS) is 8.70. The maximum absolute atomic E-state index is 7.64. The fourth-order valence-electron chi connectivity index (χ4n) is 0.333. The fraction of sp³-hybridized carbons (Fsp3) is 1.00. The lowest BCUT2D eigenvalue weighted by Gasteiger charge is -2.00. The molecule has 130 valence electrons. The maximum atomic E-state index is 7.64. The molecule has 0 atom stereocenters. The molecule has 0 rings (SSSR count). The topological polar surface area (TPSA) is 47.9 Å². The zero-order valence-electron chi connectivity index (χ0n) is 15.2. The van der Waals surface area contributed by atoms with Gasteiger partial charge in [0.1, 0.15) is 0 Å². The van der Waals surface area contributed by atoms with Gasteiger partial charge in [0.2, 0.25) is 0 Å². The number of hydrogen-bond acceptors (Lipinski definition) is 4. The van der Waals surface area contributed by atoms with Gasteiger partial charge in [0.25, 0.3) is 0 Å². The first-order chi connectivity index (χ1) is 8.72. The highest BCUT2D eigenvalue weighted by Crippen LogP contribution is 1.83. The van der Waals surface area contributed by atoms with Gasteiger partial charge in [-0.1, -0.05) is 20.3 Å². The molecule has 0 bridgehead atoms. The van der Waals surface area contributed by atoms with Crippen LogP contribution < -0.4 is 0 Å². The van der Waals surface area contributed by atoms with E-state index < -0.39 is 0 Å². The van der Waals surface area contributed by atoms with Crippen LogP contribution in [0.5, 0.6) is 0 Å². The summed E-state index contributed by atoms with van der Waals surface area (Å²) in [5, 5.41) is 7.64. The van der Waals surface area contributed by atoms with E-state index in [2.05, 4.69) is 18.7 Å². The number of halogens is 1. The molecule has 0 amide bonds. The molecule has 0 aromatic rings. The summed E-state index contributed by atoms with van der Waals surface area (Å²) in [5.74, 6) is 0. The second-order valence-electron chi connectivity index (χ2n) is 4.65. The van der Waals surface area contributed by atoms with Gasteiger partial charge in [-0.2, -0.15) is 0 Å². The van der Waals surface area contributed by atoms with Crippen LogP contribution in [-0.2, 0) is 14.4 Å². The zero-order valence-corrected chi connectivity index (χ0v) is 17.6. The second-order valence-corrected chi connectivity index (χ2v) is 4.65. The third-order valence-corrected chi connectivity index (χ3v) is 1.18. The first-order valence-electron chi connectivity index (χ1n) is 7.17. The van der Waals surface area contributed by atoms with Crippen LogP contribution in [0.4, 0.5) is 0 Å². The molecule has 0 aliphatic rings. The van der Waals surface area contributed by atoms with Crippen LogP contribution in [0.2, 0.25) is 0 Å². The predicted molar refractivity (Wildman–Crippen MR) is 99.1 cm³/mol. The number of rotatable bonds is 4. The molecule has 4 nitrogen and oxygen atoms in total. The highest BCUT2D eigenvalue weighted by molar-refractivity contribution is 14.0. The van der Waals surface area contributed by atoms with Crippen LogP contribution in [0, 0.1) is 0 Å². The largest absolute Gasteiger partial charge is 0.382 e. The van der Waals surface area contributed by atoms with Gasteiger partial charge in [0.15, 0.2) is 0 Å². The smallest absolute Gasteiger partial charge is 0.0871 e. The Hall–Kier alpha value is 0.570. The SMILES string of the molecule is CC(C)OO.CCC.CCOC(C)C.COC(C)C.I. The Balaban J connectivity index is -0.0000000504. The van der Waals surface area contributed by atoms with Crippen molar-refractivity contribution in [2.24, 2.45) is 0 Å². The average molecular weight is 410 g/mol. The van der Waals surface area contributed by atoms with Gasteiger partial charge in [0, 0.05) is 13.7 Å². The summed E-state index contributed by atoms with van der Waals surface area (Å²) in [6.45, 7) is 18.6. The molecule has 0 unspecified atom stereocenters. The van der Waals surface area contributed by atoms with Crippen LogP contribution in [0.3, 0.4) is 0 Å². The van der Waals surface area contributed by atoms with Crippen LogP contribution in [0.25, 0.3) is 0 Å². The van der Waals surface area contributed by atoms with Gasteiger partial charge in [0.05, 0.1) is 18.3 Å². The zero-order chi connectivity index (χ0) is 16.3. The van der Waals surface area contributed by atoms with Crippen molar-refractivity contribution in [2.45, 2.75) is 87.0 Å². The molecule has 20 heavy (non-hydrogen) atoms. The Morgan fingerprint density at radius 1 is 0.800 bits per heavy atom. The summed E-state index contributed by atoms with van der Waals surface area (Å²) in [6.07, 6.45) is 1.97. The van der Waals surface area contributed by atoms with Crippen molar-refractivity contribution in [3.8, 4) is 0 Å². The van der Waals surface area contributed by atoms with E-state index >= 15 is 0 Å². The minimum absolute atomic E-state index is 0. The van der Waals surface area contributed by atoms with E-state index in [-0.39, 0.29) is 30.1 Å². The molecular weight excluding hydrogens is 371 g/mol. The summed E-state index contributed by atoms with van der Waals surface area (Å²) in [6, 6.07) is 0. The van der Waals surface area contributed by atoms with Crippen molar-refractivity contribution in [1.82, 2.24) is 0 Å². The van der Waals surface area contributed by atoms with Crippen LogP contribution in [-0.4, -0.2) is 37.3 Å². The van der Waals surface area contributed by atoms with E-state index in [1.54, 1.807) is 21.0 Å². The van der Waals surface area contributed by atoms with Crippen molar-refractivity contribution in [2.75, 3.05) is 13.7 Å². The van der Waals surface area contributed by atoms with Crippen molar-refractivity contribution in [3.63, 3.8) is 0 Å². The third kappa shape index (κ3) is 100. The summed E-state index contributed by atoms with van der Waals surface area (Å²) in [7, 11) is 1.70. The number of methoxy groups -OCH3 is 1. The molecule has 5 heteroatoms. The summed E-state index contributed by atoms with van der Waals surface area (Å²) in [4.78, 5) is 3.75. The van der Waals surface area contributed by atoms with E-state index in [1.807, 2.05) is 34.6 Å². The molecule has 0 aromatic carbocycles. The minimum Gasteiger partial charge on any atom is -0.382 e. The molecule has 0 radical (unpaired) electrons. The van der Waals surface area contributed by atoms with E-state index in [9.17, 15) is 0 Å². The van der Waals surface area contributed by atoms with E-state index in [0.29, 0.717) is 12.2 Å². The quantitative estimate of drug-likeness (QED) is 0.384. The minimum atomic E-state index is -0.0602. The molecule has 0 spiro atoms. The average Bonchev–Trinajstić information content (AvgIpc) is 2.31. The van der Waals surface area contributed by atoms with E-state index in [4.69, 9.17) is 14.7 Å². The first-order valence-corrected chi connectivity index (χ1v) is 7.17. The van der Waals surface area contributed by atoms with Gasteiger partial charge in [-0.05, 0) is 48.5 Å². The van der Waals surface area contributed by atoms with Crippen LogP contribution in [0.15, 0.2) is 0 Å². The lowest BCUT2D eigenvalue weighted by Crippen LogP contribution is -1.99. The highest BCUT2D eigenvalue weighted by Gasteiger charge is 1.83. The van der Waals surface area contributed by atoms with Crippen molar-refractivity contribution in [1.29, 1.82) is 0 Å². The van der Waals surface area contributed by atoms with Crippen molar-refractivity contribution in [3.05, 3.63) is 0 Å². The second kappa shape index (κ2) is 31.8. The maximum Gasteiger partial charge on any atom is 0.0871 e. The molecular formula is C15H39IO4. The van der Waals surface area contributed by atoms with Crippen LogP contribution in [0.1, 0.15) is 68.7 Å². The van der Waals surface area contributed by atoms with Gasteiger partial charge in [-0.15, -0.1) is 24.0 Å². The Labute approximate surface area is 144 Å². The molecule has 0 heterocycles. The number of ether oxygens (including phenoxy) is 2. The van der Waals surface area contributed by atoms with E-state index in [0.717, 1.165) is 6.61 Å². The molecule has 0 aliphatic carbocycles. The molecule has 1 N–H and O–H groups in total. The van der Waals surface area contributed by atoms with Crippen LogP contribution >= 0.6 is 24.0 Å². The molecule has 0 aromatic heterocycles. The Morgan fingerprint density at radius 2 is 1.05 bits per heavy atom. The monoisotopic (exact) mass is 410 g/mol. The molecule has 0 saturated heterocycles. The first kappa shape index (κ1) is 32.5. The van der Waals surface area contributed by atoms with Gasteiger partial charge < -0.3 is 9.47 Å². The van der Waals surface area contributed by atoms with Gasteiger partial charge >= 0.3 is 0 Å². The lowest BCUT2D eigenvalue weighted by atomic mass is 10.5. The van der Waals surface area contributed by atoms with Crippen molar-refractivity contribution < 1.29 is 19.6 Å². The Morgan fingerprint density at radius 3 is 1.05 bits per heavy atom.